The van der Waals surface area contributed by atoms with E-state index in [1.807, 2.05) is 0 Å². The molecule has 23 heavy (non-hydrogen) atoms. The van der Waals surface area contributed by atoms with Crippen molar-refractivity contribution in [2.75, 3.05) is 0 Å². The second kappa shape index (κ2) is 5.98. The van der Waals surface area contributed by atoms with Gasteiger partial charge in [0.2, 0.25) is 5.82 Å². The van der Waals surface area contributed by atoms with Crippen molar-refractivity contribution in [2.24, 2.45) is 0 Å². The number of aromatic nitrogens is 2. The largest absolute Gasteiger partial charge is 0.504 e. The number of nitrogens with zero attached hydrogens (tertiary/aromatic N) is 2. The number of para-hydroxylation sites is 1. The fraction of sp³-hybridized carbons (Fsp3) is 0. The molecule has 116 valence electrons. The standard InChI is InChI=1S/C15H9ClN2O5/c16-8-5-6-12(10(19)7-8)22-11-4-2-1-3-9(11)13-17-14(15(20)21)23-18-13/h1-7,19H,(H,20,21). The fourth-order valence-electron chi connectivity index (χ4n) is 1.86. The number of hydrogen-bond acceptors (Lipinski definition) is 6. The summed E-state index contributed by atoms with van der Waals surface area (Å²) < 4.78 is 10.3. The lowest BCUT2D eigenvalue weighted by atomic mass is 10.2. The minimum absolute atomic E-state index is 0.0615. The number of aromatic hydroxyl groups is 1. The molecule has 2 aromatic carbocycles. The highest BCUT2D eigenvalue weighted by atomic mass is 35.5. The minimum Gasteiger partial charge on any atom is -0.504 e. The van der Waals surface area contributed by atoms with Crippen LogP contribution in [0.4, 0.5) is 0 Å². The van der Waals surface area contributed by atoms with E-state index in [0.29, 0.717) is 16.3 Å². The van der Waals surface area contributed by atoms with E-state index in [1.54, 1.807) is 30.3 Å². The smallest absolute Gasteiger partial charge is 0.394 e. The Morgan fingerprint density at radius 1 is 1.17 bits per heavy atom. The van der Waals surface area contributed by atoms with E-state index in [0.717, 1.165) is 0 Å². The highest BCUT2D eigenvalue weighted by molar-refractivity contribution is 6.30. The summed E-state index contributed by atoms with van der Waals surface area (Å²) in [4.78, 5) is 14.6. The van der Waals surface area contributed by atoms with Crippen LogP contribution in [0.3, 0.4) is 0 Å². The second-order valence-electron chi connectivity index (χ2n) is 4.44. The quantitative estimate of drug-likeness (QED) is 0.752. The first-order valence-electron chi connectivity index (χ1n) is 6.37. The average Bonchev–Trinajstić information content (AvgIpc) is 3.00. The van der Waals surface area contributed by atoms with Gasteiger partial charge in [-0.3, -0.25) is 0 Å². The number of phenolic OH excluding ortho intramolecular Hbond substituents is 1. The molecule has 0 amide bonds. The van der Waals surface area contributed by atoms with E-state index in [2.05, 4.69) is 14.7 Å². The van der Waals surface area contributed by atoms with Crippen molar-refractivity contribution < 1.29 is 24.3 Å². The van der Waals surface area contributed by atoms with Crippen molar-refractivity contribution in [3.05, 3.63) is 53.4 Å². The summed E-state index contributed by atoms with van der Waals surface area (Å²) in [6.45, 7) is 0. The predicted octanol–water partition coefficient (Wildman–Crippen LogP) is 3.59. The third-order valence-corrected chi connectivity index (χ3v) is 3.11. The Kier molecular flexibility index (Phi) is 3.86. The number of hydrogen-bond donors (Lipinski definition) is 2. The Bertz CT molecular complexity index is 878. The monoisotopic (exact) mass is 332 g/mol. The SMILES string of the molecule is O=C(O)c1nc(-c2ccccc2Oc2ccc(Cl)cc2O)no1. The summed E-state index contributed by atoms with van der Waals surface area (Å²) >= 11 is 5.78. The maximum Gasteiger partial charge on any atom is 0.394 e. The molecule has 0 fully saturated rings. The van der Waals surface area contributed by atoms with Gasteiger partial charge in [-0.2, -0.15) is 4.98 Å². The number of phenols is 1. The Labute approximate surface area is 134 Å². The highest BCUT2D eigenvalue weighted by Crippen LogP contribution is 2.36. The van der Waals surface area contributed by atoms with Crippen LogP contribution in [0.5, 0.6) is 17.2 Å². The van der Waals surface area contributed by atoms with E-state index in [4.69, 9.17) is 21.4 Å². The molecule has 3 rings (SSSR count). The molecule has 0 saturated heterocycles. The number of rotatable bonds is 4. The van der Waals surface area contributed by atoms with Crippen molar-refractivity contribution in [3.8, 4) is 28.6 Å². The normalized spacial score (nSPS) is 10.5. The molecule has 3 aromatic rings. The highest BCUT2D eigenvalue weighted by Gasteiger charge is 2.18. The van der Waals surface area contributed by atoms with Gasteiger partial charge in [0.25, 0.3) is 0 Å². The third kappa shape index (κ3) is 3.09. The lowest BCUT2D eigenvalue weighted by Gasteiger charge is -2.10. The van der Waals surface area contributed by atoms with Gasteiger partial charge in [-0.1, -0.05) is 28.9 Å². The van der Waals surface area contributed by atoms with Gasteiger partial charge in [0, 0.05) is 11.1 Å². The van der Waals surface area contributed by atoms with Crippen LogP contribution in [0.2, 0.25) is 5.02 Å². The Hall–Kier alpha value is -3.06. The molecular formula is C15H9ClN2O5. The summed E-state index contributed by atoms with van der Waals surface area (Å²) in [6.07, 6.45) is 0. The first-order valence-corrected chi connectivity index (χ1v) is 6.75. The average molecular weight is 333 g/mol. The van der Waals surface area contributed by atoms with Crippen molar-refractivity contribution in [3.63, 3.8) is 0 Å². The Balaban J connectivity index is 1.98. The predicted molar refractivity (Wildman–Crippen MR) is 79.9 cm³/mol. The minimum atomic E-state index is -1.32. The molecule has 1 heterocycles. The summed E-state index contributed by atoms with van der Waals surface area (Å²) in [5.41, 5.74) is 0.415. The van der Waals surface area contributed by atoms with Gasteiger partial charge in [-0.05, 0) is 24.3 Å². The van der Waals surface area contributed by atoms with Crippen molar-refractivity contribution in [1.82, 2.24) is 10.1 Å². The summed E-state index contributed by atoms with van der Waals surface area (Å²) in [5.74, 6) is -1.41. The van der Waals surface area contributed by atoms with Crippen molar-refractivity contribution in [2.45, 2.75) is 0 Å². The van der Waals surface area contributed by atoms with Crippen LogP contribution >= 0.6 is 11.6 Å². The zero-order valence-corrected chi connectivity index (χ0v) is 12.2. The van der Waals surface area contributed by atoms with Crippen LogP contribution in [0, 0.1) is 0 Å². The van der Waals surface area contributed by atoms with E-state index < -0.39 is 11.9 Å². The van der Waals surface area contributed by atoms with Gasteiger partial charge in [-0.15, -0.1) is 0 Å². The van der Waals surface area contributed by atoms with Crippen LogP contribution in [0.25, 0.3) is 11.4 Å². The zero-order chi connectivity index (χ0) is 16.4. The number of ether oxygens (including phenoxy) is 1. The lowest BCUT2D eigenvalue weighted by molar-refractivity contribution is 0.0643. The molecule has 0 aliphatic rings. The maximum atomic E-state index is 10.8. The topological polar surface area (TPSA) is 106 Å². The van der Waals surface area contributed by atoms with E-state index in [1.165, 1.54) is 12.1 Å². The number of carboxylic acid groups (broad SMARTS) is 1. The van der Waals surface area contributed by atoms with Crippen molar-refractivity contribution in [1.29, 1.82) is 0 Å². The van der Waals surface area contributed by atoms with E-state index in [-0.39, 0.29) is 17.3 Å². The van der Waals surface area contributed by atoms with Crippen LogP contribution in [0.1, 0.15) is 10.7 Å². The van der Waals surface area contributed by atoms with Crippen LogP contribution in [-0.4, -0.2) is 26.3 Å². The van der Waals surface area contributed by atoms with Gasteiger partial charge in [0.1, 0.15) is 5.75 Å². The number of aromatic carboxylic acids is 1. The van der Waals surface area contributed by atoms with E-state index in [9.17, 15) is 9.90 Å². The second-order valence-corrected chi connectivity index (χ2v) is 4.87. The lowest BCUT2D eigenvalue weighted by Crippen LogP contribution is -1.96. The molecule has 0 bridgehead atoms. The zero-order valence-electron chi connectivity index (χ0n) is 11.4. The van der Waals surface area contributed by atoms with Gasteiger partial charge < -0.3 is 19.5 Å². The first-order chi connectivity index (χ1) is 11.0. The molecule has 2 N–H and O–H groups in total. The molecule has 7 nitrogen and oxygen atoms in total. The van der Waals surface area contributed by atoms with E-state index >= 15 is 0 Å². The van der Waals surface area contributed by atoms with Gasteiger partial charge in [-0.25, -0.2) is 4.79 Å². The van der Waals surface area contributed by atoms with Crippen LogP contribution < -0.4 is 4.74 Å². The molecule has 0 aliphatic carbocycles. The number of benzene rings is 2. The first kappa shape index (κ1) is 14.9. The number of halogens is 1. The molecule has 1 aromatic heterocycles. The molecule has 0 spiro atoms. The molecular weight excluding hydrogens is 324 g/mol. The van der Waals surface area contributed by atoms with Gasteiger partial charge in [0.05, 0.1) is 5.56 Å². The van der Waals surface area contributed by atoms with Crippen LogP contribution in [-0.2, 0) is 0 Å². The fourth-order valence-corrected chi connectivity index (χ4v) is 2.02. The molecule has 0 radical (unpaired) electrons. The van der Waals surface area contributed by atoms with Crippen LogP contribution in [0.15, 0.2) is 47.0 Å². The van der Waals surface area contributed by atoms with Gasteiger partial charge in [0.15, 0.2) is 11.5 Å². The molecule has 8 heteroatoms. The molecule has 0 unspecified atom stereocenters. The Morgan fingerprint density at radius 3 is 2.65 bits per heavy atom. The maximum absolute atomic E-state index is 10.8. The molecule has 0 aliphatic heterocycles. The molecule has 0 atom stereocenters. The summed E-state index contributed by atoms with van der Waals surface area (Å²) in [7, 11) is 0. The summed E-state index contributed by atoms with van der Waals surface area (Å²) in [5, 5.41) is 22.7. The molecule has 0 saturated carbocycles. The van der Waals surface area contributed by atoms with Crippen molar-refractivity contribution >= 4 is 17.6 Å². The Morgan fingerprint density at radius 2 is 1.96 bits per heavy atom. The third-order valence-electron chi connectivity index (χ3n) is 2.88. The number of carboxylic acids is 1. The summed E-state index contributed by atoms with van der Waals surface area (Å²) in [6, 6.07) is 11.1. The van der Waals surface area contributed by atoms with Gasteiger partial charge >= 0.3 is 11.9 Å². The number of carbonyl (C=O) groups is 1.